The lowest BCUT2D eigenvalue weighted by Crippen LogP contribution is -2.49. The number of nitrogens with one attached hydrogen (secondary N) is 2. The van der Waals surface area contributed by atoms with E-state index in [0.29, 0.717) is 21.3 Å². The molecule has 2 aromatic rings. The Kier molecular flexibility index (Phi) is 6.94. The second-order valence-corrected chi connectivity index (χ2v) is 8.83. The van der Waals surface area contributed by atoms with Gasteiger partial charge in [-0.25, -0.2) is 0 Å². The van der Waals surface area contributed by atoms with Gasteiger partial charge in [-0.3, -0.25) is 4.79 Å². The van der Waals surface area contributed by atoms with Crippen molar-refractivity contribution in [2.45, 2.75) is 9.96 Å². The quantitative estimate of drug-likeness (QED) is 0.390. The highest BCUT2D eigenvalue weighted by molar-refractivity contribution is 9.10. The average Bonchev–Trinajstić information content (AvgIpc) is 2.50. The topological polar surface area (TPSA) is 41.1 Å². The zero-order chi connectivity index (χ0) is 17.9. The maximum atomic E-state index is 12.3. The minimum Gasteiger partial charge on any atom is -0.362 e. The molecule has 2 aromatic carbocycles. The van der Waals surface area contributed by atoms with Crippen molar-refractivity contribution in [2.75, 3.05) is 5.32 Å². The molecule has 0 heterocycles. The first kappa shape index (κ1) is 20.0. The Labute approximate surface area is 172 Å². The van der Waals surface area contributed by atoms with Gasteiger partial charge < -0.3 is 10.6 Å². The molecule has 0 aliphatic heterocycles. The Morgan fingerprint density at radius 2 is 1.62 bits per heavy atom. The van der Waals surface area contributed by atoms with E-state index in [4.69, 9.17) is 58.0 Å². The fraction of sp³-hybridized carbons (Fsp3) is 0.133. The van der Waals surface area contributed by atoms with Crippen LogP contribution in [0.5, 0.6) is 0 Å². The van der Waals surface area contributed by atoms with Gasteiger partial charge in [-0.1, -0.05) is 73.9 Å². The van der Waals surface area contributed by atoms with Crippen LogP contribution in [0.1, 0.15) is 10.4 Å². The predicted octanol–water partition coefficient (Wildman–Crippen LogP) is 6.29. The fourth-order valence-corrected chi connectivity index (χ4v) is 2.66. The molecule has 0 saturated carbocycles. The summed E-state index contributed by atoms with van der Waals surface area (Å²) >= 11 is 33.0. The van der Waals surface area contributed by atoms with Gasteiger partial charge >= 0.3 is 0 Å². The van der Waals surface area contributed by atoms with Crippen LogP contribution in [0, 0.1) is 0 Å². The van der Waals surface area contributed by atoms with Crippen molar-refractivity contribution >= 4 is 85.5 Å². The summed E-state index contributed by atoms with van der Waals surface area (Å²) in [5.74, 6) is -0.397. The van der Waals surface area contributed by atoms with Gasteiger partial charge in [0.1, 0.15) is 6.17 Å². The Morgan fingerprint density at radius 1 is 1.00 bits per heavy atom. The zero-order valence-electron chi connectivity index (χ0n) is 11.8. The number of hydrogen-bond donors (Lipinski definition) is 2. The van der Waals surface area contributed by atoms with Gasteiger partial charge in [-0.2, -0.15) is 0 Å². The first-order valence-corrected chi connectivity index (χ1v) is 9.20. The largest absolute Gasteiger partial charge is 0.362 e. The molecular formula is C15H10BrCl5N2O. The molecule has 128 valence electrons. The summed E-state index contributed by atoms with van der Waals surface area (Å²) in [6, 6.07) is 11.6. The second-order valence-electron chi connectivity index (χ2n) is 4.73. The summed E-state index contributed by atoms with van der Waals surface area (Å²) < 4.78 is -0.942. The number of amides is 1. The van der Waals surface area contributed by atoms with Crippen molar-refractivity contribution in [3.05, 3.63) is 62.5 Å². The normalized spacial score (nSPS) is 12.6. The smallest absolute Gasteiger partial charge is 0.252 e. The van der Waals surface area contributed by atoms with Gasteiger partial charge in [-0.15, -0.1) is 0 Å². The molecule has 0 aliphatic carbocycles. The first-order valence-electron chi connectivity index (χ1n) is 6.51. The van der Waals surface area contributed by atoms with Crippen LogP contribution < -0.4 is 10.6 Å². The van der Waals surface area contributed by atoms with Gasteiger partial charge in [0, 0.05) is 15.7 Å². The minimum absolute atomic E-state index is 0.337. The van der Waals surface area contributed by atoms with Crippen LogP contribution in [-0.4, -0.2) is 15.9 Å². The number of rotatable bonds is 4. The fourth-order valence-electron chi connectivity index (χ4n) is 1.77. The van der Waals surface area contributed by atoms with E-state index >= 15 is 0 Å². The maximum absolute atomic E-state index is 12.3. The van der Waals surface area contributed by atoms with Gasteiger partial charge in [0.05, 0.1) is 10.0 Å². The third-order valence-corrected chi connectivity index (χ3v) is 4.86. The van der Waals surface area contributed by atoms with E-state index in [1.165, 1.54) is 0 Å². The molecule has 0 saturated heterocycles. The van der Waals surface area contributed by atoms with E-state index in [9.17, 15) is 4.79 Å². The van der Waals surface area contributed by atoms with Gasteiger partial charge in [0.2, 0.25) is 3.79 Å². The lowest BCUT2D eigenvalue weighted by molar-refractivity contribution is 0.0942. The number of halogens is 6. The molecule has 2 rings (SSSR count). The number of hydrogen-bond acceptors (Lipinski definition) is 2. The number of alkyl halides is 3. The van der Waals surface area contributed by atoms with Crippen LogP contribution in [0.3, 0.4) is 0 Å². The molecule has 1 atom stereocenters. The molecule has 1 unspecified atom stereocenters. The summed E-state index contributed by atoms with van der Waals surface area (Å²) in [5, 5.41) is 6.29. The number of anilines is 1. The van der Waals surface area contributed by atoms with Crippen LogP contribution in [-0.2, 0) is 0 Å². The summed E-state index contributed by atoms with van der Waals surface area (Å²) in [7, 11) is 0. The molecule has 24 heavy (non-hydrogen) atoms. The Balaban J connectivity index is 2.18. The van der Waals surface area contributed by atoms with Crippen molar-refractivity contribution in [1.29, 1.82) is 0 Å². The van der Waals surface area contributed by atoms with Gasteiger partial charge in [0.25, 0.3) is 5.91 Å². The van der Waals surface area contributed by atoms with E-state index in [-0.39, 0.29) is 0 Å². The Morgan fingerprint density at radius 3 is 2.17 bits per heavy atom. The van der Waals surface area contributed by atoms with Crippen molar-refractivity contribution in [2.24, 2.45) is 0 Å². The van der Waals surface area contributed by atoms with Crippen molar-refractivity contribution in [3.63, 3.8) is 0 Å². The van der Waals surface area contributed by atoms with Crippen molar-refractivity contribution in [1.82, 2.24) is 5.32 Å². The highest BCUT2D eigenvalue weighted by Crippen LogP contribution is 2.32. The van der Waals surface area contributed by atoms with Crippen molar-refractivity contribution in [3.8, 4) is 0 Å². The van der Waals surface area contributed by atoms with E-state index in [1.54, 1.807) is 42.5 Å². The van der Waals surface area contributed by atoms with E-state index in [1.807, 2.05) is 0 Å². The van der Waals surface area contributed by atoms with Crippen LogP contribution in [0.2, 0.25) is 10.0 Å². The summed E-state index contributed by atoms with van der Waals surface area (Å²) in [6.07, 6.45) is -0.990. The van der Waals surface area contributed by atoms with Crippen molar-refractivity contribution < 1.29 is 4.79 Å². The lowest BCUT2D eigenvalue weighted by atomic mass is 10.2. The van der Waals surface area contributed by atoms with Gasteiger partial charge in [0.15, 0.2) is 0 Å². The highest BCUT2D eigenvalue weighted by atomic mass is 79.9. The summed E-state index contributed by atoms with van der Waals surface area (Å²) in [5.41, 5.74) is 0.963. The summed E-state index contributed by atoms with van der Waals surface area (Å²) in [6.45, 7) is 0. The zero-order valence-corrected chi connectivity index (χ0v) is 17.2. The van der Waals surface area contributed by atoms with E-state index in [0.717, 1.165) is 4.47 Å². The van der Waals surface area contributed by atoms with E-state index < -0.39 is 15.9 Å². The Bertz CT molecular complexity index is 734. The molecule has 0 aromatic heterocycles. The molecule has 1 amide bonds. The van der Waals surface area contributed by atoms with Gasteiger partial charge in [-0.05, 0) is 42.5 Å². The molecule has 0 radical (unpaired) electrons. The van der Waals surface area contributed by atoms with E-state index in [2.05, 4.69) is 26.6 Å². The number of carbonyl (C=O) groups excluding carboxylic acids is 1. The molecule has 9 heteroatoms. The van der Waals surface area contributed by atoms with Crippen LogP contribution in [0.15, 0.2) is 46.9 Å². The number of carbonyl (C=O) groups is 1. The molecule has 3 nitrogen and oxygen atoms in total. The lowest BCUT2D eigenvalue weighted by Gasteiger charge is -2.27. The molecule has 0 bridgehead atoms. The number of benzene rings is 2. The first-order chi connectivity index (χ1) is 11.2. The molecular weight excluding hydrogens is 481 g/mol. The average molecular weight is 491 g/mol. The third-order valence-electron chi connectivity index (χ3n) is 2.94. The molecule has 2 N–H and O–H groups in total. The molecule has 0 fully saturated rings. The second kappa shape index (κ2) is 8.35. The SMILES string of the molecule is O=C(NC(Nc1ccc(Cl)c(Cl)c1)C(Cl)(Cl)Cl)c1ccc(Br)cc1. The maximum Gasteiger partial charge on any atom is 0.252 e. The molecule has 0 aliphatic rings. The minimum atomic E-state index is -1.79. The highest BCUT2D eigenvalue weighted by Gasteiger charge is 2.34. The predicted molar refractivity (Wildman–Crippen MR) is 106 cm³/mol. The molecule has 0 spiro atoms. The van der Waals surface area contributed by atoms with Crippen LogP contribution >= 0.6 is 73.9 Å². The third kappa shape index (κ3) is 5.58. The van der Waals surface area contributed by atoms with Crippen LogP contribution in [0.4, 0.5) is 5.69 Å². The summed E-state index contributed by atoms with van der Waals surface area (Å²) in [4.78, 5) is 12.3. The van der Waals surface area contributed by atoms with Crippen LogP contribution in [0.25, 0.3) is 0 Å². The monoisotopic (exact) mass is 488 g/mol. The Hall–Kier alpha value is -0.360. The standard InChI is InChI=1S/C15H10BrCl5N2O/c16-9-3-1-8(2-4-9)13(24)23-14(15(19,20)21)22-10-5-6-11(17)12(18)7-10/h1-7,14,22H,(H,23,24).